The van der Waals surface area contributed by atoms with Crippen LogP contribution < -0.4 is 0 Å². The summed E-state index contributed by atoms with van der Waals surface area (Å²) in [5.41, 5.74) is 0. The van der Waals surface area contributed by atoms with Crippen LogP contribution in [0.1, 0.15) is 0 Å². The molecule has 0 heterocycles. The normalized spacial score (nSPS) is 3.43. The zero-order valence-electron chi connectivity index (χ0n) is 4.69. The Morgan fingerprint density at radius 2 is 1.00 bits per heavy atom. The van der Waals surface area contributed by atoms with Gasteiger partial charge in [0, 0.05) is 0 Å². The Kier molecular flexibility index (Phi) is 66.7. The molecule has 0 saturated carbocycles. The van der Waals surface area contributed by atoms with Gasteiger partial charge in [-0.2, -0.15) is 0 Å². The van der Waals surface area contributed by atoms with Crippen molar-refractivity contribution in [2.75, 3.05) is 0 Å². The Bertz CT molecular complexity index is 25.2. The summed E-state index contributed by atoms with van der Waals surface area (Å²) in [5, 5.41) is 0. The predicted molar refractivity (Wildman–Crippen MR) is 36.9 cm³/mol. The minimum atomic E-state index is 0. The monoisotopic (exact) mass is 170 g/mol. The maximum absolute atomic E-state index is 3.25. The van der Waals surface area contributed by atoms with Gasteiger partial charge in [0.2, 0.25) is 0 Å². The standard InChI is InChI=1S/2C3H5.Sr/c2*1-3-2;/h2*3H,1-2H2;/q2*-1;+2. The van der Waals surface area contributed by atoms with Crippen molar-refractivity contribution in [1.82, 2.24) is 0 Å². The molecule has 0 bridgehead atoms. The molecule has 0 aliphatic carbocycles. The van der Waals surface area contributed by atoms with E-state index in [0.717, 1.165) is 0 Å². The van der Waals surface area contributed by atoms with Gasteiger partial charge in [-0.15, -0.1) is 0 Å². The van der Waals surface area contributed by atoms with Gasteiger partial charge in [-0.05, 0) is 0 Å². The van der Waals surface area contributed by atoms with Crippen LogP contribution in [-0.4, -0.2) is 45.5 Å². The molecule has 0 aromatic rings. The molecule has 0 aromatic heterocycles. The molecule has 0 saturated heterocycles. The molecule has 0 radical (unpaired) electrons. The summed E-state index contributed by atoms with van der Waals surface area (Å²) in [7, 11) is 0. The van der Waals surface area contributed by atoms with Gasteiger partial charge in [0.1, 0.15) is 0 Å². The largest absolute Gasteiger partial charge is 2.00 e. The molecule has 0 unspecified atom stereocenters. The van der Waals surface area contributed by atoms with Crippen molar-refractivity contribution < 1.29 is 0 Å². The van der Waals surface area contributed by atoms with Crippen molar-refractivity contribution in [3.8, 4) is 0 Å². The molecule has 0 aliphatic rings. The molecule has 0 N–H and O–H groups in total. The van der Waals surface area contributed by atoms with Gasteiger partial charge in [-0.25, -0.2) is 39.2 Å². The third kappa shape index (κ3) is 302. The molecule has 0 atom stereocenters. The number of hydrogen-bond acceptors (Lipinski definition) is 0. The summed E-state index contributed by atoms with van der Waals surface area (Å²) in [6, 6.07) is 0. The minimum absolute atomic E-state index is 0. The quantitative estimate of drug-likeness (QED) is 0.382. The van der Waals surface area contributed by atoms with Gasteiger partial charge in [-0.3, -0.25) is 0 Å². The van der Waals surface area contributed by atoms with Crippen LogP contribution in [0.2, 0.25) is 0 Å². The average Bonchev–Trinajstić information content (AvgIpc) is 1.39. The van der Waals surface area contributed by atoms with E-state index in [1.807, 2.05) is 0 Å². The molecular weight excluding hydrogens is 160 g/mol. The molecule has 0 rings (SSSR count). The molecule has 0 fully saturated rings. The van der Waals surface area contributed by atoms with Crippen molar-refractivity contribution in [1.29, 1.82) is 0 Å². The Balaban J connectivity index is -0.0000000400. The molecule has 1 heteroatoms. The molecule has 0 aliphatic heterocycles. The Morgan fingerprint density at radius 1 is 1.00 bits per heavy atom. The van der Waals surface area contributed by atoms with E-state index >= 15 is 0 Å². The first-order valence-corrected chi connectivity index (χ1v) is 1.63. The van der Waals surface area contributed by atoms with E-state index in [4.69, 9.17) is 0 Å². The van der Waals surface area contributed by atoms with Crippen LogP contribution >= 0.6 is 0 Å². The zero-order chi connectivity index (χ0) is 5.41. The summed E-state index contributed by atoms with van der Waals surface area (Å²) in [5.74, 6) is 0. The van der Waals surface area contributed by atoms with E-state index in [9.17, 15) is 0 Å². The first kappa shape index (κ1) is 15.6. The number of allylic oxidation sites excluding steroid dienone is 2. The average molecular weight is 170 g/mol. The van der Waals surface area contributed by atoms with Crippen molar-refractivity contribution in [3.63, 3.8) is 0 Å². The fourth-order valence-corrected chi connectivity index (χ4v) is 0. The van der Waals surface area contributed by atoms with Crippen LogP contribution in [0.3, 0.4) is 0 Å². The van der Waals surface area contributed by atoms with Gasteiger partial charge in [0.15, 0.2) is 0 Å². The zero-order valence-corrected chi connectivity index (χ0v) is 8.17. The summed E-state index contributed by atoms with van der Waals surface area (Å²) < 4.78 is 0. The van der Waals surface area contributed by atoms with E-state index in [1.165, 1.54) is 12.2 Å². The summed E-state index contributed by atoms with van der Waals surface area (Å²) in [6.45, 7) is 13.0. The Morgan fingerprint density at radius 3 is 1.00 bits per heavy atom. The molecule has 0 amide bonds. The first-order chi connectivity index (χ1) is 2.83. The maximum atomic E-state index is 3.25. The summed E-state index contributed by atoms with van der Waals surface area (Å²) in [6.07, 6.45) is 3.00. The van der Waals surface area contributed by atoms with E-state index in [2.05, 4.69) is 27.0 Å². The van der Waals surface area contributed by atoms with E-state index in [1.54, 1.807) is 0 Å². The molecule has 7 heavy (non-hydrogen) atoms. The fraction of sp³-hybridized carbons (Fsp3) is 0. The van der Waals surface area contributed by atoms with Gasteiger partial charge in [0.25, 0.3) is 0 Å². The molecule has 36 valence electrons. The van der Waals surface area contributed by atoms with E-state index in [0.29, 0.717) is 0 Å². The topological polar surface area (TPSA) is 0 Å². The number of hydrogen-bond donors (Lipinski definition) is 0. The van der Waals surface area contributed by atoms with E-state index in [-0.39, 0.29) is 45.5 Å². The summed E-state index contributed by atoms with van der Waals surface area (Å²) >= 11 is 0. The smallest absolute Gasteiger partial charge is 0.245 e. The van der Waals surface area contributed by atoms with Crippen LogP contribution in [-0.2, 0) is 0 Å². The van der Waals surface area contributed by atoms with Crippen LogP contribution in [0, 0.1) is 13.8 Å². The third-order valence-corrected chi connectivity index (χ3v) is 0. The van der Waals surface area contributed by atoms with Gasteiger partial charge >= 0.3 is 45.5 Å². The van der Waals surface area contributed by atoms with Crippen LogP contribution in [0.5, 0.6) is 0 Å². The first-order valence-electron chi connectivity index (χ1n) is 1.63. The Hall–Kier alpha value is 0.701. The van der Waals surface area contributed by atoms with Crippen molar-refractivity contribution in [2.24, 2.45) is 0 Å². The minimum Gasteiger partial charge on any atom is -0.245 e. The van der Waals surface area contributed by atoms with Crippen LogP contribution in [0.4, 0.5) is 0 Å². The fourth-order valence-electron chi connectivity index (χ4n) is 0. The number of rotatable bonds is 0. The second-order valence-electron chi connectivity index (χ2n) is 0.577. The predicted octanol–water partition coefficient (Wildman–Crippen LogP) is 1.63. The van der Waals surface area contributed by atoms with Gasteiger partial charge < -0.3 is 0 Å². The molecular formula is C6H10Sr. The van der Waals surface area contributed by atoms with Crippen molar-refractivity contribution in [2.45, 2.75) is 0 Å². The van der Waals surface area contributed by atoms with Crippen LogP contribution in [0.15, 0.2) is 25.3 Å². The van der Waals surface area contributed by atoms with Gasteiger partial charge in [0.05, 0.1) is 0 Å². The second kappa shape index (κ2) is 29.9. The van der Waals surface area contributed by atoms with E-state index < -0.39 is 0 Å². The summed E-state index contributed by atoms with van der Waals surface area (Å²) in [4.78, 5) is 0. The maximum Gasteiger partial charge on any atom is 2.00 e. The van der Waals surface area contributed by atoms with Crippen molar-refractivity contribution in [3.05, 3.63) is 39.2 Å². The molecule has 0 spiro atoms. The van der Waals surface area contributed by atoms with Crippen molar-refractivity contribution >= 4 is 45.5 Å². The third-order valence-electron chi connectivity index (χ3n) is 0. The Labute approximate surface area is 83.6 Å². The molecule has 0 nitrogen and oxygen atoms in total. The SMILES string of the molecule is C=C[CH2-].C=C[CH2-].[Sr+2]. The second-order valence-corrected chi connectivity index (χ2v) is 0.577. The van der Waals surface area contributed by atoms with Gasteiger partial charge in [-0.1, -0.05) is 0 Å². The van der Waals surface area contributed by atoms with Crippen LogP contribution in [0.25, 0.3) is 0 Å². The molecule has 0 aromatic carbocycles.